The Balaban J connectivity index is 2.06. The molecular weight excluding hydrogens is 304 g/mol. The van der Waals surface area contributed by atoms with E-state index in [0.29, 0.717) is 25.1 Å². The lowest BCUT2D eigenvalue weighted by molar-refractivity contribution is -0.386. The number of hydrogen-bond acceptors (Lipinski definition) is 6. The van der Waals surface area contributed by atoms with E-state index in [1.807, 2.05) is 0 Å². The Morgan fingerprint density at radius 3 is 2.87 bits per heavy atom. The molecule has 2 atom stereocenters. The number of nitrogens with one attached hydrogen (secondary N) is 1. The molecule has 1 N–H and O–H groups in total. The van der Waals surface area contributed by atoms with Crippen LogP contribution in [0.25, 0.3) is 0 Å². The number of nitro groups is 1. The van der Waals surface area contributed by atoms with Gasteiger partial charge in [-0.25, -0.2) is 4.79 Å². The molecule has 1 aliphatic heterocycles. The highest BCUT2D eigenvalue weighted by molar-refractivity contribution is 5.68. The van der Waals surface area contributed by atoms with Crippen LogP contribution >= 0.6 is 0 Å². The lowest BCUT2D eigenvalue weighted by Gasteiger charge is -2.30. The van der Waals surface area contributed by atoms with Crippen molar-refractivity contribution < 1.29 is 19.2 Å². The van der Waals surface area contributed by atoms with E-state index in [9.17, 15) is 14.9 Å². The summed E-state index contributed by atoms with van der Waals surface area (Å²) in [4.78, 5) is 22.5. The first-order valence-corrected chi connectivity index (χ1v) is 7.45. The molecule has 128 valence electrons. The zero-order valence-corrected chi connectivity index (χ0v) is 13.7. The fourth-order valence-electron chi connectivity index (χ4n) is 2.54. The zero-order chi connectivity index (χ0) is 17.2. The molecule has 9 heteroatoms. The fraction of sp³-hybridized carbons (Fsp3) is 0.714. The van der Waals surface area contributed by atoms with Crippen LogP contribution in [0.3, 0.4) is 0 Å². The van der Waals surface area contributed by atoms with Gasteiger partial charge in [-0.1, -0.05) is 0 Å². The number of ether oxygens (including phenoxy) is 2. The van der Waals surface area contributed by atoms with Crippen molar-refractivity contribution in [3.63, 3.8) is 0 Å². The number of amides is 1. The van der Waals surface area contributed by atoms with Crippen molar-refractivity contribution in [3.05, 3.63) is 22.0 Å². The summed E-state index contributed by atoms with van der Waals surface area (Å²) in [7, 11) is 1.64. The summed E-state index contributed by atoms with van der Waals surface area (Å²) in [5, 5.41) is 17.8. The molecule has 0 bridgehead atoms. The van der Waals surface area contributed by atoms with Gasteiger partial charge in [0, 0.05) is 19.7 Å². The molecule has 0 aromatic carbocycles. The van der Waals surface area contributed by atoms with Crippen molar-refractivity contribution >= 4 is 11.8 Å². The second-order valence-electron chi connectivity index (χ2n) is 6.52. The Hall–Kier alpha value is -2.16. The monoisotopic (exact) mass is 326 g/mol. The number of alkyl carbamates (subject to hydrolysis) is 1. The minimum Gasteiger partial charge on any atom is -0.444 e. The van der Waals surface area contributed by atoms with E-state index in [0.717, 1.165) is 0 Å². The average Bonchev–Trinajstić information content (AvgIpc) is 2.78. The SMILES string of the molecule is Cn1ncc([N+](=O)[O-])c1C1CC(NC(=O)OC(C)(C)C)CCO1. The highest BCUT2D eigenvalue weighted by Gasteiger charge is 2.33. The van der Waals surface area contributed by atoms with E-state index >= 15 is 0 Å². The Morgan fingerprint density at radius 1 is 1.57 bits per heavy atom. The van der Waals surface area contributed by atoms with Crippen LogP contribution in [-0.2, 0) is 16.5 Å². The van der Waals surface area contributed by atoms with Crippen molar-refractivity contribution in [1.29, 1.82) is 0 Å². The largest absolute Gasteiger partial charge is 0.444 e. The first-order chi connectivity index (χ1) is 10.7. The maximum atomic E-state index is 11.9. The summed E-state index contributed by atoms with van der Waals surface area (Å²) in [5.41, 5.74) is -0.240. The molecule has 0 radical (unpaired) electrons. The van der Waals surface area contributed by atoms with Gasteiger partial charge in [0.15, 0.2) is 0 Å². The second kappa shape index (κ2) is 6.53. The molecule has 1 aliphatic rings. The number of carbonyl (C=O) groups excluding carboxylic acids is 1. The molecule has 2 unspecified atom stereocenters. The number of carbonyl (C=O) groups is 1. The number of aryl methyl sites for hydroxylation is 1. The lowest BCUT2D eigenvalue weighted by atomic mass is 10.0. The summed E-state index contributed by atoms with van der Waals surface area (Å²) in [6, 6.07) is -0.168. The lowest BCUT2D eigenvalue weighted by Crippen LogP contribution is -2.42. The van der Waals surface area contributed by atoms with E-state index in [-0.39, 0.29) is 11.7 Å². The van der Waals surface area contributed by atoms with Gasteiger partial charge in [0.2, 0.25) is 0 Å². The van der Waals surface area contributed by atoms with Crippen LogP contribution in [0, 0.1) is 10.1 Å². The molecule has 0 saturated carbocycles. The number of rotatable bonds is 3. The van der Waals surface area contributed by atoms with Crippen molar-refractivity contribution in [2.24, 2.45) is 7.05 Å². The zero-order valence-electron chi connectivity index (χ0n) is 13.7. The molecule has 1 saturated heterocycles. The van der Waals surface area contributed by atoms with Gasteiger partial charge in [-0.15, -0.1) is 0 Å². The van der Waals surface area contributed by atoms with Crippen molar-refractivity contribution in [2.75, 3.05) is 6.61 Å². The van der Waals surface area contributed by atoms with Crippen LogP contribution in [0.1, 0.15) is 45.4 Å². The summed E-state index contributed by atoms with van der Waals surface area (Å²) >= 11 is 0. The first-order valence-electron chi connectivity index (χ1n) is 7.45. The average molecular weight is 326 g/mol. The highest BCUT2D eigenvalue weighted by Crippen LogP contribution is 2.33. The van der Waals surface area contributed by atoms with Crippen LogP contribution in [0.15, 0.2) is 6.20 Å². The van der Waals surface area contributed by atoms with Crippen molar-refractivity contribution in [1.82, 2.24) is 15.1 Å². The van der Waals surface area contributed by atoms with Crippen LogP contribution < -0.4 is 5.32 Å². The minimum atomic E-state index is -0.574. The number of hydrogen-bond donors (Lipinski definition) is 1. The van der Waals surface area contributed by atoms with Gasteiger partial charge in [-0.2, -0.15) is 5.10 Å². The maximum absolute atomic E-state index is 11.9. The predicted molar refractivity (Wildman–Crippen MR) is 80.9 cm³/mol. The number of aromatic nitrogens is 2. The summed E-state index contributed by atoms with van der Waals surface area (Å²) in [6.45, 7) is 5.77. The van der Waals surface area contributed by atoms with Gasteiger partial charge >= 0.3 is 11.8 Å². The first kappa shape index (κ1) is 17.2. The van der Waals surface area contributed by atoms with Gasteiger partial charge < -0.3 is 14.8 Å². The van der Waals surface area contributed by atoms with Gasteiger partial charge in [0.25, 0.3) is 0 Å². The van der Waals surface area contributed by atoms with Gasteiger partial charge in [0.05, 0.1) is 4.92 Å². The van der Waals surface area contributed by atoms with Gasteiger partial charge in [0.1, 0.15) is 23.6 Å². The molecule has 0 aliphatic carbocycles. The Labute approximate surface area is 134 Å². The standard InChI is InChI=1S/C14H22N4O5/c1-14(2,3)23-13(19)16-9-5-6-22-11(7-9)12-10(18(20)21)8-15-17(12)4/h8-9,11H,5-7H2,1-4H3,(H,16,19). The van der Waals surface area contributed by atoms with E-state index in [4.69, 9.17) is 9.47 Å². The normalized spacial score (nSPS) is 21.7. The van der Waals surface area contributed by atoms with E-state index < -0.39 is 22.7 Å². The summed E-state index contributed by atoms with van der Waals surface area (Å²) in [5.74, 6) is 0. The van der Waals surface area contributed by atoms with Crippen molar-refractivity contribution in [3.8, 4) is 0 Å². The molecule has 2 heterocycles. The molecule has 2 rings (SSSR count). The maximum Gasteiger partial charge on any atom is 0.407 e. The third-order valence-corrected chi connectivity index (χ3v) is 3.47. The summed E-state index contributed by atoms with van der Waals surface area (Å²) in [6.07, 6.45) is 1.28. The molecule has 1 aromatic rings. The van der Waals surface area contributed by atoms with E-state index in [2.05, 4.69) is 10.4 Å². The minimum absolute atomic E-state index is 0.0737. The smallest absolute Gasteiger partial charge is 0.407 e. The predicted octanol–water partition coefficient (Wildman–Crippen LogP) is 2.07. The Morgan fingerprint density at radius 2 is 2.26 bits per heavy atom. The molecule has 23 heavy (non-hydrogen) atoms. The van der Waals surface area contributed by atoms with E-state index in [1.54, 1.807) is 27.8 Å². The van der Waals surface area contributed by atoms with Crippen LogP contribution in [0.4, 0.5) is 10.5 Å². The highest BCUT2D eigenvalue weighted by atomic mass is 16.6. The second-order valence-corrected chi connectivity index (χ2v) is 6.52. The van der Waals surface area contributed by atoms with Gasteiger partial charge in [-0.3, -0.25) is 14.8 Å². The fourth-order valence-corrected chi connectivity index (χ4v) is 2.54. The van der Waals surface area contributed by atoms with Crippen molar-refractivity contribution in [2.45, 2.75) is 51.4 Å². The van der Waals surface area contributed by atoms with Crippen LogP contribution in [0.2, 0.25) is 0 Å². The molecule has 1 fully saturated rings. The van der Waals surface area contributed by atoms with Crippen LogP contribution in [0.5, 0.6) is 0 Å². The third-order valence-electron chi connectivity index (χ3n) is 3.47. The number of nitrogens with zero attached hydrogens (tertiary/aromatic N) is 3. The van der Waals surface area contributed by atoms with E-state index in [1.165, 1.54) is 10.9 Å². The van der Waals surface area contributed by atoms with Crippen LogP contribution in [-0.4, -0.2) is 39.0 Å². The molecule has 1 amide bonds. The third kappa shape index (κ3) is 4.41. The van der Waals surface area contributed by atoms with Gasteiger partial charge in [-0.05, 0) is 33.6 Å². The molecule has 1 aromatic heterocycles. The topological polar surface area (TPSA) is 109 Å². The molecule has 0 spiro atoms. The Bertz CT molecular complexity index is 592. The Kier molecular flexibility index (Phi) is 4.88. The summed E-state index contributed by atoms with van der Waals surface area (Å²) < 4.78 is 12.3. The molecule has 9 nitrogen and oxygen atoms in total. The quantitative estimate of drug-likeness (QED) is 0.673. The molecular formula is C14H22N4O5.